The van der Waals surface area contributed by atoms with Crippen LogP contribution in [0.15, 0.2) is 35.7 Å². The second kappa shape index (κ2) is 6.00. The third-order valence-corrected chi connectivity index (χ3v) is 3.34. The highest BCUT2D eigenvalue weighted by atomic mass is 32.1. The fourth-order valence-electron chi connectivity index (χ4n) is 1.57. The molecule has 0 fully saturated rings. The number of nitro groups is 1. The van der Waals surface area contributed by atoms with Crippen molar-refractivity contribution in [2.75, 3.05) is 5.32 Å². The molecule has 0 aliphatic carbocycles. The molecule has 0 bridgehead atoms. The molecule has 2 rings (SSSR count). The zero-order valence-electron chi connectivity index (χ0n) is 10.4. The van der Waals surface area contributed by atoms with Crippen LogP contribution in [0.5, 0.6) is 5.75 Å². The molecule has 0 unspecified atom stereocenters. The summed E-state index contributed by atoms with van der Waals surface area (Å²) in [5.74, 6) is -0.352. The molecule has 0 saturated carbocycles. The monoisotopic (exact) mass is 318 g/mol. The van der Waals surface area contributed by atoms with Gasteiger partial charge < -0.3 is 10.1 Å². The third kappa shape index (κ3) is 4.35. The molecule has 5 nitrogen and oxygen atoms in total. The minimum Gasteiger partial charge on any atom is -0.404 e. The van der Waals surface area contributed by atoms with Crippen LogP contribution in [0, 0.1) is 10.1 Å². The van der Waals surface area contributed by atoms with Gasteiger partial charge in [0.25, 0.3) is 0 Å². The van der Waals surface area contributed by atoms with E-state index in [2.05, 4.69) is 10.1 Å². The zero-order chi connectivity index (χ0) is 15.5. The predicted molar refractivity (Wildman–Crippen MR) is 71.4 cm³/mol. The number of benzene rings is 1. The van der Waals surface area contributed by atoms with Crippen molar-refractivity contribution in [1.82, 2.24) is 0 Å². The van der Waals surface area contributed by atoms with Crippen LogP contribution >= 0.6 is 11.3 Å². The topological polar surface area (TPSA) is 64.4 Å². The summed E-state index contributed by atoms with van der Waals surface area (Å²) in [6.45, 7) is 0.155. The molecule has 9 heteroatoms. The quantitative estimate of drug-likeness (QED) is 0.664. The van der Waals surface area contributed by atoms with Gasteiger partial charge in [0.15, 0.2) is 5.75 Å². The maximum absolute atomic E-state index is 12.3. The molecule has 0 saturated heterocycles. The van der Waals surface area contributed by atoms with Crippen molar-refractivity contribution in [3.8, 4) is 5.75 Å². The lowest BCUT2D eigenvalue weighted by molar-refractivity contribution is -0.380. The van der Waals surface area contributed by atoms with Crippen molar-refractivity contribution in [1.29, 1.82) is 0 Å². The van der Waals surface area contributed by atoms with Gasteiger partial charge in [-0.1, -0.05) is 23.5 Å². The molecular formula is C12H9F3N2O3S. The Morgan fingerprint density at radius 2 is 2.05 bits per heavy atom. The smallest absolute Gasteiger partial charge is 0.404 e. The largest absolute Gasteiger partial charge is 0.573 e. The van der Waals surface area contributed by atoms with Gasteiger partial charge >= 0.3 is 11.4 Å². The van der Waals surface area contributed by atoms with Gasteiger partial charge in [-0.2, -0.15) is 0 Å². The number of rotatable bonds is 5. The van der Waals surface area contributed by atoms with E-state index in [9.17, 15) is 23.3 Å². The van der Waals surface area contributed by atoms with Crippen molar-refractivity contribution in [3.05, 3.63) is 51.4 Å². The number of alkyl halides is 3. The number of thiophene rings is 1. The Hall–Kier alpha value is -2.29. The van der Waals surface area contributed by atoms with Crippen LogP contribution in [0.4, 0.5) is 23.9 Å². The summed E-state index contributed by atoms with van der Waals surface area (Å²) in [4.78, 5) is 10.0. The fourth-order valence-corrected chi connectivity index (χ4v) is 2.30. The highest BCUT2D eigenvalue weighted by Crippen LogP contribution is 2.31. The standard InChI is InChI=1S/C12H9F3N2O3S/c13-12(14,15)20-10-4-2-1-3-9(10)16-6-8-5-11(17(18)19)21-7-8/h1-5,7,16H,6H2. The number of ether oxygens (including phenoxy) is 1. The number of nitrogens with one attached hydrogen (secondary N) is 1. The molecule has 0 amide bonds. The highest BCUT2D eigenvalue weighted by Gasteiger charge is 2.32. The van der Waals surface area contributed by atoms with Gasteiger partial charge in [0.2, 0.25) is 0 Å². The number of para-hydroxylation sites is 2. The normalized spacial score (nSPS) is 11.2. The highest BCUT2D eigenvalue weighted by molar-refractivity contribution is 7.13. The Labute approximate surface area is 121 Å². The summed E-state index contributed by atoms with van der Waals surface area (Å²) < 4.78 is 40.7. The van der Waals surface area contributed by atoms with Crippen molar-refractivity contribution >= 4 is 22.0 Å². The fraction of sp³-hybridized carbons (Fsp3) is 0.167. The van der Waals surface area contributed by atoms with Crippen LogP contribution in [0.25, 0.3) is 0 Å². The van der Waals surface area contributed by atoms with E-state index in [1.165, 1.54) is 24.3 Å². The lowest BCUT2D eigenvalue weighted by Crippen LogP contribution is -2.18. The van der Waals surface area contributed by atoms with Crippen molar-refractivity contribution < 1.29 is 22.8 Å². The number of nitrogens with zero attached hydrogens (tertiary/aromatic N) is 1. The van der Waals surface area contributed by atoms with Gasteiger partial charge in [-0.3, -0.25) is 10.1 Å². The van der Waals surface area contributed by atoms with E-state index in [-0.39, 0.29) is 23.0 Å². The number of hydrogen-bond acceptors (Lipinski definition) is 5. The third-order valence-electron chi connectivity index (χ3n) is 2.42. The number of anilines is 1. The van der Waals surface area contributed by atoms with Crippen LogP contribution in [0.3, 0.4) is 0 Å². The average Bonchev–Trinajstić information content (AvgIpc) is 2.85. The summed E-state index contributed by atoms with van der Waals surface area (Å²) in [6, 6.07) is 6.96. The van der Waals surface area contributed by atoms with Gasteiger partial charge in [0.05, 0.1) is 10.6 Å². The van der Waals surface area contributed by atoms with Gasteiger partial charge in [-0.05, 0) is 17.7 Å². The van der Waals surface area contributed by atoms with E-state index in [1.54, 1.807) is 11.4 Å². The van der Waals surface area contributed by atoms with Crippen LogP contribution in [0.2, 0.25) is 0 Å². The van der Waals surface area contributed by atoms with Crippen molar-refractivity contribution in [3.63, 3.8) is 0 Å². The molecular weight excluding hydrogens is 309 g/mol. The molecule has 21 heavy (non-hydrogen) atoms. The number of halogens is 3. The lowest BCUT2D eigenvalue weighted by atomic mass is 10.2. The minimum atomic E-state index is -4.78. The molecule has 1 N–H and O–H groups in total. The molecule has 1 aromatic heterocycles. The second-order valence-corrected chi connectivity index (χ2v) is 4.84. The Kier molecular flexibility index (Phi) is 4.32. The van der Waals surface area contributed by atoms with Crippen molar-refractivity contribution in [2.45, 2.75) is 12.9 Å². The van der Waals surface area contributed by atoms with E-state index in [1.807, 2.05) is 0 Å². The van der Waals surface area contributed by atoms with Gasteiger partial charge in [0.1, 0.15) is 0 Å². The van der Waals surface area contributed by atoms with Crippen LogP contribution in [0.1, 0.15) is 5.56 Å². The molecule has 0 atom stereocenters. The molecule has 1 aromatic carbocycles. The maximum atomic E-state index is 12.3. The summed E-state index contributed by atoms with van der Waals surface area (Å²) in [5, 5.41) is 14.9. The lowest BCUT2D eigenvalue weighted by Gasteiger charge is -2.14. The van der Waals surface area contributed by atoms with Crippen molar-refractivity contribution in [2.24, 2.45) is 0 Å². The first-order valence-corrected chi connectivity index (χ1v) is 6.53. The Morgan fingerprint density at radius 1 is 1.33 bits per heavy atom. The Morgan fingerprint density at radius 3 is 2.67 bits per heavy atom. The maximum Gasteiger partial charge on any atom is 0.573 e. The first kappa shape index (κ1) is 15.1. The summed E-state index contributed by atoms with van der Waals surface area (Å²) in [5.41, 5.74) is 0.761. The average molecular weight is 318 g/mol. The van der Waals surface area contributed by atoms with E-state index in [0.717, 1.165) is 11.3 Å². The van der Waals surface area contributed by atoms with E-state index in [0.29, 0.717) is 5.56 Å². The molecule has 0 aliphatic heterocycles. The Balaban J connectivity index is 2.07. The molecule has 1 heterocycles. The zero-order valence-corrected chi connectivity index (χ0v) is 11.2. The first-order chi connectivity index (χ1) is 9.85. The van der Waals surface area contributed by atoms with Crippen LogP contribution < -0.4 is 10.1 Å². The minimum absolute atomic E-state index is 0.0216. The van der Waals surface area contributed by atoms with Gasteiger partial charge in [-0.15, -0.1) is 13.2 Å². The summed E-state index contributed by atoms with van der Waals surface area (Å²) in [6.07, 6.45) is -4.78. The number of hydrogen-bond donors (Lipinski definition) is 1. The van der Waals surface area contributed by atoms with Crippen LogP contribution in [-0.2, 0) is 6.54 Å². The van der Waals surface area contributed by atoms with E-state index in [4.69, 9.17) is 0 Å². The summed E-state index contributed by atoms with van der Waals surface area (Å²) >= 11 is 0.957. The molecule has 0 radical (unpaired) electrons. The van der Waals surface area contributed by atoms with Gasteiger partial charge in [0, 0.05) is 18.0 Å². The molecule has 0 spiro atoms. The van der Waals surface area contributed by atoms with E-state index < -0.39 is 11.3 Å². The van der Waals surface area contributed by atoms with E-state index >= 15 is 0 Å². The second-order valence-electron chi connectivity index (χ2n) is 3.95. The molecule has 112 valence electrons. The van der Waals surface area contributed by atoms with Crippen LogP contribution in [-0.4, -0.2) is 11.3 Å². The van der Waals surface area contributed by atoms with Gasteiger partial charge in [-0.25, -0.2) is 0 Å². The molecule has 2 aromatic rings. The first-order valence-electron chi connectivity index (χ1n) is 5.65. The Bertz CT molecular complexity index is 643. The predicted octanol–water partition coefficient (Wildman–Crippen LogP) is 4.17. The molecule has 0 aliphatic rings. The summed E-state index contributed by atoms with van der Waals surface area (Å²) in [7, 11) is 0. The SMILES string of the molecule is O=[N+]([O-])c1cc(CNc2ccccc2OC(F)(F)F)cs1.